The first kappa shape index (κ1) is 19.3. The minimum atomic E-state index is -0.445. The molecule has 4 rings (SSSR count). The molecule has 1 aliphatic rings. The molecule has 150 valence electrons. The highest BCUT2D eigenvalue weighted by Crippen LogP contribution is 2.22. The molecule has 0 saturated carbocycles. The maximum atomic E-state index is 14.4. The van der Waals surface area contributed by atoms with E-state index in [-0.39, 0.29) is 23.8 Å². The lowest BCUT2D eigenvalue weighted by Gasteiger charge is -2.36. The topological polar surface area (TPSA) is 75.5 Å². The van der Waals surface area contributed by atoms with Gasteiger partial charge in [-0.05, 0) is 36.6 Å². The van der Waals surface area contributed by atoms with E-state index in [1.165, 1.54) is 35.2 Å². The molecule has 0 N–H and O–H groups in total. The van der Waals surface area contributed by atoms with Crippen LogP contribution in [0.25, 0.3) is 10.2 Å². The number of ketones is 1. The van der Waals surface area contributed by atoms with Crippen molar-refractivity contribution >= 4 is 38.9 Å². The van der Waals surface area contributed by atoms with Gasteiger partial charge in [-0.3, -0.25) is 19.0 Å². The predicted molar refractivity (Wildman–Crippen MR) is 109 cm³/mol. The number of hydrogen-bond donors (Lipinski definition) is 0. The summed E-state index contributed by atoms with van der Waals surface area (Å²) < 4.78 is 16.2. The molecular weight excluding hydrogens is 395 g/mol. The van der Waals surface area contributed by atoms with E-state index in [4.69, 9.17) is 0 Å². The molecule has 9 heteroatoms. The van der Waals surface area contributed by atoms with Crippen LogP contribution in [-0.2, 0) is 11.3 Å². The second kappa shape index (κ2) is 7.75. The smallest absolute Gasteiger partial charge is 0.271 e. The summed E-state index contributed by atoms with van der Waals surface area (Å²) in [6.07, 6.45) is 1.40. The van der Waals surface area contributed by atoms with Crippen LogP contribution in [0.2, 0.25) is 0 Å². The maximum absolute atomic E-state index is 14.4. The van der Waals surface area contributed by atoms with Crippen molar-refractivity contribution in [2.45, 2.75) is 13.5 Å². The number of Topliss-reactive ketones (excluding diaryl/α,β-unsaturated/α-hetero) is 1. The summed E-state index contributed by atoms with van der Waals surface area (Å²) in [6, 6.07) is 6.23. The molecule has 1 aromatic carbocycles. The molecule has 1 aliphatic heterocycles. The van der Waals surface area contributed by atoms with Crippen LogP contribution in [0.1, 0.15) is 17.3 Å². The minimum Gasteiger partial charge on any atom is -0.366 e. The van der Waals surface area contributed by atoms with Gasteiger partial charge in [0, 0.05) is 31.7 Å². The van der Waals surface area contributed by atoms with Gasteiger partial charge in [-0.1, -0.05) is 0 Å². The number of benzene rings is 1. The zero-order chi connectivity index (χ0) is 20.5. The van der Waals surface area contributed by atoms with E-state index in [0.29, 0.717) is 47.6 Å². The van der Waals surface area contributed by atoms with Crippen LogP contribution in [0.3, 0.4) is 0 Å². The highest BCUT2D eigenvalue weighted by atomic mass is 32.1. The first-order chi connectivity index (χ1) is 13.9. The lowest BCUT2D eigenvalue weighted by atomic mass is 10.1. The molecule has 1 fully saturated rings. The van der Waals surface area contributed by atoms with E-state index in [1.807, 2.05) is 4.90 Å². The Bertz CT molecular complexity index is 1150. The SMILES string of the molecule is CC(=O)c1ccc(N2CCN(C(=O)Cn3cnc4ccsc4c3=O)CC2)c(F)c1. The third-order valence-corrected chi connectivity index (χ3v) is 5.96. The van der Waals surface area contributed by atoms with Crippen molar-refractivity contribution in [3.63, 3.8) is 0 Å². The molecule has 0 bridgehead atoms. The van der Waals surface area contributed by atoms with Gasteiger partial charge in [0.15, 0.2) is 5.78 Å². The number of rotatable bonds is 4. The first-order valence-electron chi connectivity index (χ1n) is 9.20. The molecule has 0 radical (unpaired) electrons. The standard InChI is InChI=1S/C20H19FN4O3S/c1-13(26)14-2-3-17(15(21)10-14)23-5-7-24(8-6-23)18(27)11-25-12-22-16-4-9-29-19(16)20(25)28/h2-4,9-10,12H,5-8,11H2,1H3. The molecule has 29 heavy (non-hydrogen) atoms. The fourth-order valence-corrected chi connectivity index (χ4v) is 4.21. The van der Waals surface area contributed by atoms with Crippen LogP contribution < -0.4 is 10.5 Å². The Kier molecular flexibility index (Phi) is 5.14. The van der Waals surface area contributed by atoms with Gasteiger partial charge in [-0.25, -0.2) is 9.37 Å². The zero-order valence-corrected chi connectivity index (χ0v) is 16.6. The van der Waals surface area contributed by atoms with E-state index in [0.717, 1.165) is 0 Å². The Balaban J connectivity index is 1.41. The Hall–Kier alpha value is -3.07. The highest BCUT2D eigenvalue weighted by molar-refractivity contribution is 7.17. The number of fused-ring (bicyclic) bond motifs is 1. The van der Waals surface area contributed by atoms with E-state index >= 15 is 0 Å². The summed E-state index contributed by atoms with van der Waals surface area (Å²) in [5, 5.41) is 1.80. The zero-order valence-electron chi connectivity index (χ0n) is 15.8. The van der Waals surface area contributed by atoms with E-state index < -0.39 is 5.82 Å². The summed E-state index contributed by atoms with van der Waals surface area (Å²) in [5.41, 5.74) is 1.17. The average Bonchev–Trinajstić information content (AvgIpc) is 3.20. The number of amides is 1. The lowest BCUT2D eigenvalue weighted by molar-refractivity contribution is -0.132. The molecular formula is C20H19FN4O3S. The largest absolute Gasteiger partial charge is 0.366 e. The van der Waals surface area contributed by atoms with E-state index in [2.05, 4.69) is 4.98 Å². The number of carbonyl (C=O) groups is 2. The Labute approximate surface area is 170 Å². The molecule has 0 spiro atoms. The maximum Gasteiger partial charge on any atom is 0.271 e. The summed E-state index contributed by atoms with van der Waals surface area (Å²) in [6.45, 7) is 3.13. The van der Waals surface area contributed by atoms with Crippen LogP contribution in [0, 0.1) is 5.82 Å². The Morgan fingerprint density at radius 2 is 1.93 bits per heavy atom. The Morgan fingerprint density at radius 3 is 2.62 bits per heavy atom. The van der Waals surface area contributed by atoms with Gasteiger partial charge in [0.05, 0.1) is 17.5 Å². The number of halogens is 1. The van der Waals surface area contributed by atoms with Crippen LogP contribution in [0.4, 0.5) is 10.1 Å². The van der Waals surface area contributed by atoms with Gasteiger partial charge in [0.25, 0.3) is 5.56 Å². The number of aromatic nitrogens is 2. The third kappa shape index (κ3) is 3.77. The summed E-state index contributed by atoms with van der Waals surface area (Å²) >= 11 is 1.31. The molecule has 2 aromatic heterocycles. The van der Waals surface area contributed by atoms with Crippen molar-refractivity contribution in [3.8, 4) is 0 Å². The predicted octanol–water partition coefficient (Wildman–Crippen LogP) is 2.15. The van der Waals surface area contributed by atoms with Gasteiger partial charge in [0.1, 0.15) is 17.1 Å². The highest BCUT2D eigenvalue weighted by Gasteiger charge is 2.23. The first-order valence-corrected chi connectivity index (χ1v) is 10.1. The van der Waals surface area contributed by atoms with Crippen LogP contribution in [-0.4, -0.2) is 52.3 Å². The third-order valence-electron chi connectivity index (χ3n) is 5.07. The number of thiophene rings is 1. The van der Waals surface area contributed by atoms with E-state index in [1.54, 1.807) is 28.5 Å². The molecule has 0 atom stereocenters. The van der Waals surface area contributed by atoms with Gasteiger partial charge in [-0.15, -0.1) is 11.3 Å². The minimum absolute atomic E-state index is 0.0681. The Morgan fingerprint density at radius 1 is 1.17 bits per heavy atom. The molecule has 1 amide bonds. The monoisotopic (exact) mass is 414 g/mol. The fraction of sp³-hybridized carbons (Fsp3) is 0.300. The molecule has 0 aliphatic carbocycles. The number of anilines is 1. The second-order valence-corrected chi connectivity index (χ2v) is 7.82. The lowest BCUT2D eigenvalue weighted by Crippen LogP contribution is -2.50. The van der Waals surface area contributed by atoms with Gasteiger partial charge in [0.2, 0.25) is 5.91 Å². The normalized spacial score (nSPS) is 14.4. The van der Waals surface area contributed by atoms with Gasteiger partial charge >= 0.3 is 0 Å². The molecule has 1 saturated heterocycles. The van der Waals surface area contributed by atoms with E-state index in [9.17, 15) is 18.8 Å². The van der Waals surface area contributed by atoms with Crippen molar-refractivity contribution in [3.05, 3.63) is 57.7 Å². The quantitative estimate of drug-likeness (QED) is 0.612. The summed E-state index contributed by atoms with van der Waals surface area (Å²) in [5.74, 6) is -0.799. The van der Waals surface area contributed by atoms with Crippen molar-refractivity contribution in [2.75, 3.05) is 31.1 Å². The second-order valence-electron chi connectivity index (χ2n) is 6.90. The van der Waals surface area contributed by atoms with Crippen LogP contribution in [0.5, 0.6) is 0 Å². The van der Waals surface area contributed by atoms with Crippen LogP contribution >= 0.6 is 11.3 Å². The van der Waals surface area contributed by atoms with Gasteiger partial charge in [-0.2, -0.15) is 0 Å². The van der Waals surface area contributed by atoms with Gasteiger partial charge < -0.3 is 9.80 Å². The van der Waals surface area contributed by atoms with Crippen LogP contribution in [0.15, 0.2) is 40.8 Å². The number of piperazine rings is 1. The summed E-state index contributed by atoms with van der Waals surface area (Å²) in [7, 11) is 0. The molecule has 3 aromatic rings. The average molecular weight is 414 g/mol. The number of hydrogen-bond acceptors (Lipinski definition) is 6. The molecule has 7 nitrogen and oxygen atoms in total. The molecule has 0 unspecified atom stereocenters. The van der Waals surface area contributed by atoms with Crippen molar-refractivity contribution < 1.29 is 14.0 Å². The van der Waals surface area contributed by atoms with Crippen molar-refractivity contribution in [1.29, 1.82) is 0 Å². The van der Waals surface area contributed by atoms with Crippen molar-refractivity contribution in [1.82, 2.24) is 14.5 Å². The fourth-order valence-electron chi connectivity index (χ4n) is 3.42. The summed E-state index contributed by atoms with van der Waals surface area (Å²) in [4.78, 5) is 44.2. The van der Waals surface area contributed by atoms with Crippen molar-refractivity contribution in [2.24, 2.45) is 0 Å². The number of nitrogens with zero attached hydrogens (tertiary/aromatic N) is 4. The molecule has 3 heterocycles. The number of carbonyl (C=O) groups excluding carboxylic acids is 2.